The monoisotopic (exact) mass is 232 g/mol. The molecule has 1 nitrogen and oxygen atoms in total. The first-order chi connectivity index (χ1) is 8.88. The number of hydrogen-bond donors (Lipinski definition) is 0. The number of rotatable bonds is 1. The van der Waals surface area contributed by atoms with Crippen LogP contribution in [0.1, 0.15) is 0 Å². The van der Waals surface area contributed by atoms with Gasteiger partial charge in [0.2, 0.25) is 0 Å². The average molecular weight is 232 g/mol. The third-order valence-corrected chi connectivity index (χ3v) is 3.71. The second kappa shape index (κ2) is 3.36. The molecular weight excluding hydrogens is 220 g/mol. The highest BCUT2D eigenvalue weighted by molar-refractivity contribution is 6.24. The fraction of sp³-hybridized carbons (Fsp3) is 0.0588. The van der Waals surface area contributed by atoms with Crippen LogP contribution in [0.2, 0.25) is 0 Å². The molecule has 4 aromatic rings. The lowest BCUT2D eigenvalue weighted by Gasteiger charge is -2.12. The fourth-order valence-electron chi connectivity index (χ4n) is 2.89. The van der Waals surface area contributed by atoms with Gasteiger partial charge in [0, 0.05) is 10.8 Å². The summed E-state index contributed by atoms with van der Waals surface area (Å²) in [5.41, 5.74) is 0. The summed E-state index contributed by atoms with van der Waals surface area (Å²) in [6.07, 6.45) is 0. The van der Waals surface area contributed by atoms with E-state index >= 15 is 0 Å². The molecule has 0 amide bonds. The van der Waals surface area contributed by atoms with E-state index in [4.69, 9.17) is 4.74 Å². The van der Waals surface area contributed by atoms with E-state index in [9.17, 15) is 0 Å². The van der Waals surface area contributed by atoms with E-state index in [2.05, 4.69) is 48.5 Å². The summed E-state index contributed by atoms with van der Waals surface area (Å²) in [5, 5.41) is 7.70. The smallest absolute Gasteiger partial charge is 0.126 e. The molecule has 0 heterocycles. The molecule has 0 atom stereocenters. The number of methoxy groups -OCH3 is 1. The van der Waals surface area contributed by atoms with Gasteiger partial charge in [0.05, 0.1) is 7.11 Å². The first kappa shape index (κ1) is 9.72. The van der Waals surface area contributed by atoms with Crippen molar-refractivity contribution in [2.24, 2.45) is 0 Å². The molecule has 0 spiro atoms. The zero-order chi connectivity index (χ0) is 12.1. The van der Waals surface area contributed by atoms with Crippen LogP contribution in [0, 0.1) is 0 Å². The largest absolute Gasteiger partial charge is 0.496 e. The lowest BCUT2D eigenvalue weighted by Crippen LogP contribution is -1.88. The SMILES string of the molecule is COc1ccc2ccc3cccc4ccc1c2c34. The van der Waals surface area contributed by atoms with E-state index < -0.39 is 0 Å². The number of ether oxygens (including phenoxy) is 1. The number of benzene rings is 4. The van der Waals surface area contributed by atoms with Gasteiger partial charge in [-0.2, -0.15) is 0 Å². The van der Waals surface area contributed by atoms with Gasteiger partial charge in [0.25, 0.3) is 0 Å². The predicted octanol–water partition coefficient (Wildman–Crippen LogP) is 4.59. The summed E-state index contributed by atoms with van der Waals surface area (Å²) >= 11 is 0. The van der Waals surface area contributed by atoms with Crippen molar-refractivity contribution in [1.82, 2.24) is 0 Å². The van der Waals surface area contributed by atoms with Crippen LogP contribution in [-0.2, 0) is 0 Å². The summed E-state index contributed by atoms with van der Waals surface area (Å²) in [5.74, 6) is 0.945. The Labute approximate surface area is 105 Å². The van der Waals surface area contributed by atoms with Crippen molar-refractivity contribution in [3.8, 4) is 5.75 Å². The Bertz CT molecular complexity index is 845. The Kier molecular flexibility index (Phi) is 1.81. The maximum atomic E-state index is 5.47. The summed E-state index contributed by atoms with van der Waals surface area (Å²) in [7, 11) is 1.73. The van der Waals surface area contributed by atoms with Crippen LogP contribution in [0.4, 0.5) is 0 Å². The minimum absolute atomic E-state index is 0.945. The molecule has 0 bridgehead atoms. The van der Waals surface area contributed by atoms with E-state index in [1.807, 2.05) is 6.07 Å². The molecule has 0 aromatic heterocycles. The zero-order valence-corrected chi connectivity index (χ0v) is 10.1. The van der Waals surface area contributed by atoms with Gasteiger partial charge in [-0.05, 0) is 33.7 Å². The van der Waals surface area contributed by atoms with Crippen LogP contribution in [-0.4, -0.2) is 7.11 Å². The molecule has 0 unspecified atom stereocenters. The molecular formula is C17H12O. The highest BCUT2D eigenvalue weighted by atomic mass is 16.5. The second-order valence-corrected chi connectivity index (χ2v) is 4.62. The normalized spacial score (nSPS) is 11.6. The van der Waals surface area contributed by atoms with Gasteiger partial charge in [-0.1, -0.05) is 42.5 Å². The fourth-order valence-corrected chi connectivity index (χ4v) is 2.89. The quantitative estimate of drug-likeness (QED) is 0.436. The third kappa shape index (κ3) is 1.11. The Hall–Kier alpha value is -2.28. The van der Waals surface area contributed by atoms with E-state index in [-0.39, 0.29) is 0 Å². The van der Waals surface area contributed by atoms with Crippen molar-refractivity contribution in [3.05, 3.63) is 54.6 Å². The van der Waals surface area contributed by atoms with Gasteiger partial charge in [-0.15, -0.1) is 0 Å². The average Bonchev–Trinajstić information content (AvgIpc) is 2.44. The van der Waals surface area contributed by atoms with Gasteiger partial charge < -0.3 is 4.74 Å². The van der Waals surface area contributed by atoms with Gasteiger partial charge in [-0.25, -0.2) is 0 Å². The molecule has 4 rings (SSSR count). The van der Waals surface area contributed by atoms with Crippen molar-refractivity contribution in [1.29, 1.82) is 0 Å². The van der Waals surface area contributed by atoms with Crippen LogP contribution < -0.4 is 4.74 Å². The predicted molar refractivity (Wildman–Crippen MR) is 76.7 cm³/mol. The van der Waals surface area contributed by atoms with Crippen molar-refractivity contribution < 1.29 is 4.74 Å². The second-order valence-electron chi connectivity index (χ2n) is 4.62. The summed E-state index contributed by atoms with van der Waals surface area (Å²) in [4.78, 5) is 0. The van der Waals surface area contributed by atoms with E-state index in [1.54, 1.807) is 7.11 Å². The maximum absolute atomic E-state index is 5.47. The topological polar surface area (TPSA) is 9.23 Å². The first-order valence-corrected chi connectivity index (χ1v) is 6.09. The van der Waals surface area contributed by atoms with Crippen LogP contribution in [0.3, 0.4) is 0 Å². The molecule has 0 radical (unpaired) electrons. The van der Waals surface area contributed by atoms with Crippen molar-refractivity contribution in [2.45, 2.75) is 0 Å². The van der Waals surface area contributed by atoms with Crippen LogP contribution in [0.5, 0.6) is 5.75 Å². The van der Waals surface area contributed by atoms with Crippen molar-refractivity contribution in [2.75, 3.05) is 7.11 Å². The molecule has 0 N–H and O–H groups in total. The molecule has 0 aliphatic carbocycles. The van der Waals surface area contributed by atoms with Crippen LogP contribution >= 0.6 is 0 Å². The van der Waals surface area contributed by atoms with Gasteiger partial charge in [-0.3, -0.25) is 0 Å². The Balaban J connectivity index is 2.40. The molecule has 86 valence electrons. The third-order valence-electron chi connectivity index (χ3n) is 3.71. The standard InChI is InChI=1S/C17H12O/c1-18-15-10-8-13-6-5-11-3-2-4-12-7-9-14(15)17(13)16(11)12/h2-10H,1H3. The Morgan fingerprint density at radius 2 is 1.28 bits per heavy atom. The Morgan fingerprint density at radius 3 is 2.00 bits per heavy atom. The zero-order valence-electron chi connectivity index (χ0n) is 10.1. The molecule has 18 heavy (non-hydrogen) atoms. The van der Waals surface area contributed by atoms with E-state index in [0.717, 1.165) is 5.75 Å². The summed E-state index contributed by atoms with van der Waals surface area (Å²) in [6.45, 7) is 0. The van der Waals surface area contributed by atoms with Crippen molar-refractivity contribution in [3.63, 3.8) is 0 Å². The summed E-state index contributed by atoms with van der Waals surface area (Å²) < 4.78 is 5.47. The van der Waals surface area contributed by atoms with Crippen LogP contribution in [0.15, 0.2) is 54.6 Å². The number of hydrogen-bond acceptors (Lipinski definition) is 1. The minimum atomic E-state index is 0.945. The molecule has 1 heteroatoms. The first-order valence-electron chi connectivity index (χ1n) is 6.09. The Morgan fingerprint density at radius 1 is 0.667 bits per heavy atom. The van der Waals surface area contributed by atoms with Crippen LogP contribution in [0.25, 0.3) is 32.3 Å². The minimum Gasteiger partial charge on any atom is -0.496 e. The molecule has 0 aliphatic heterocycles. The van der Waals surface area contributed by atoms with E-state index in [0.29, 0.717) is 0 Å². The van der Waals surface area contributed by atoms with Gasteiger partial charge >= 0.3 is 0 Å². The molecule has 0 saturated carbocycles. The van der Waals surface area contributed by atoms with Gasteiger partial charge in [0.1, 0.15) is 5.75 Å². The van der Waals surface area contributed by atoms with Gasteiger partial charge in [0.15, 0.2) is 0 Å². The lowest BCUT2D eigenvalue weighted by molar-refractivity contribution is 0.420. The van der Waals surface area contributed by atoms with Crippen molar-refractivity contribution >= 4 is 32.3 Å². The highest BCUT2D eigenvalue weighted by Crippen LogP contribution is 2.38. The highest BCUT2D eigenvalue weighted by Gasteiger charge is 2.10. The van der Waals surface area contributed by atoms with E-state index in [1.165, 1.54) is 32.3 Å². The molecule has 4 aromatic carbocycles. The summed E-state index contributed by atoms with van der Waals surface area (Å²) in [6, 6.07) is 19.3. The molecule has 0 saturated heterocycles. The molecule has 0 aliphatic rings. The maximum Gasteiger partial charge on any atom is 0.126 e. The molecule has 0 fully saturated rings. The lowest BCUT2D eigenvalue weighted by atomic mass is 9.94.